The van der Waals surface area contributed by atoms with Gasteiger partial charge >= 0.3 is 0 Å². The van der Waals surface area contributed by atoms with Gasteiger partial charge in [0.15, 0.2) is 0 Å². The van der Waals surface area contributed by atoms with Crippen LogP contribution in [0, 0.1) is 13.8 Å². The predicted octanol–water partition coefficient (Wildman–Crippen LogP) is 2.90. The van der Waals surface area contributed by atoms with Gasteiger partial charge in [-0.3, -0.25) is 0 Å². The van der Waals surface area contributed by atoms with Crippen molar-refractivity contribution in [2.45, 2.75) is 13.8 Å². The Morgan fingerprint density at radius 3 is 2.70 bits per heavy atom. The van der Waals surface area contributed by atoms with Crippen LogP contribution in [0.1, 0.15) is 11.3 Å². The summed E-state index contributed by atoms with van der Waals surface area (Å²) in [5.74, 6) is 1.39. The molecule has 0 spiro atoms. The summed E-state index contributed by atoms with van der Waals surface area (Å²) in [4.78, 5) is 8.80. The van der Waals surface area contributed by atoms with E-state index in [-0.39, 0.29) is 0 Å². The zero-order chi connectivity index (χ0) is 14.4. The Bertz CT molecular complexity index is 572. The van der Waals surface area contributed by atoms with E-state index in [0.29, 0.717) is 19.1 Å². The zero-order valence-electron chi connectivity index (χ0n) is 12.1. The number of methoxy groups -OCH3 is 1. The number of benzene rings is 1. The Labute approximate surface area is 119 Å². The van der Waals surface area contributed by atoms with Crippen molar-refractivity contribution in [2.75, 3.05) is 30.9 Å². The Kier molecular flexibility index (Phi) is 4.90. The second-order valence-corrected chi connectivity index (χ2v) is 4.58. The third-order valence-electron chi connectivity index (χ3n) is 2.85. The first-order valence-electron chi connectivity index (χ1n) is 6.60. The summed E-state index contributed by atoms with van der Waals surface area (Å²) in [5.41, 5.74) is 3.14. The largest absolute Gasteiger partial charge is 0.383 e. The number of para-hydroxylation sites is 1. The number of nitrogens with zero attached hydrogens (tertiary/aromatic N) is 2. The summed E-state index contributed by atoms with van der Waals surface area (Å²) in [7, 11) is 1.67. The number of ether oxygens (including phenoxy) is 1. The van der Waals surface area contributed by atoms with Gasteiger partial charge in [-0.1, -0.05) is 18.2 Å². The van der Waals surface area contributed by atoms with Gasteiger partial charge in [0.05, 0.1) is 6.61 Å². The van der Waals surface area contributed by atoms with Crippen LogP contribution in [0.15, 0.2) is 30.3 Å². The van der Waals surface area contributed by atoms with E-state index in [4.69, 9.17) is 4.74 Å². The van der Waals surface area contributed by atoms with Gasteiger partial charge in [0.1, 0.15) is 5.82 Å². The summed E-state index contributed by atoms with van der Waals surface area (Å²) in [6.07, 6.45) is 0. The number of hydrogen-bond donors (Lipinski definition) is 2. The molecule has 0 aliphatic rings. The Hall–Kier alpha value is -2.14. The standard InChI is InChI=1S/C15H20N4O/c1-11-6-4-5-7-13(11)18-14-10-12(2)17-15(19-14)16-8-9-20-3/h4-7,10H,8-9H2,1-3H3,(H2,16,17,18,19). The lowest BCUT2D eigenvalue weighted by Gasteiger charge is -2.11. The summed E-state index contributed by atoms with van der Waals surface area (Å²) in [6, 6.07) is 10.0. The molecule has 2 N–H and O–H groups in total. The van der Waals surface area contributed by atoms with E-state index in [9.17, 15) is 0 Å². The van der Waals surface area contributed by atoms with Crippen molar-refractivity contribution in [3.05, 3.63) is 41.6 Å². The van der Waals surface area contributed by atoms with Crippen LogP contribution in [-0.4, -0.2) is 30.2 Å². The highest BCUT2D eigenvalue weighted by Gasteiger charge is 2.03. The minimum Gasteiger partial charge on any atom is -0.383 e. The van der Waals surface area contributed by atoms with E-state index in [1.807, 2.05) is 31.2 Å². The number of anilines is 3. The molecule has 0 fully saturated rings. The van der Waals surface area contributed by atoms with E-state index in [0.717, 1.165) is 17.2 Å². The molecule has 106 valence electrons. The van der Waals surface area contributed by atoms with Crippen LogP contribution in [0.25, 0.3) is 0 Å². The smallest absolute Gasteiger partial charge is 0.224 e. The van der Waals surface area contributed by atoms with Gasteiger partial charge in [-0.15, -0.1) is 0 Å². The van der Waals surface area contributed by atoms with Crippen LogP contribution in [0.2, 0.25) is 0 Å². The fraction of sp³-hybridized carbons (Fsp3) is 0.333. The Balaban J connectivity index is 2.13. The SMILES string of the molecule is COCCNc1nc(C)cc(Nc2ccccc2C)n1. The van der Waals surface area contributed by atoms with Crippen LogP contribution >= 0.6 is 0 Å². The molecular formula is C15H20N4O. The molecule has 1 aromatic heterocycles. The van der Waals surface area contributed by atoms with E-state index in [1.54, 1.807) is 7.11 Å². The predicted molar refractivity (Wildman–Crippen MR) is 81.6 cm³/mol. The topological polar surface area (TPSA) is 59.1 Å². The van der Waals surface area contributed by atoms with Crippen molar-refractivity contribution in [3.8, 4) is 0 Å². The molecule has 0 saturated carbocycles. The average Bonchev–Trinajstić information content (AvgIpc) is 2.41. The molecule has 20 heavy (non-hydrogen) atoms. The molecule has 0 aliphatic carbocycles. The molecular weight excluding hydrogens is 252 g/mol. The Morgan fingerprint density at radius 1 is 1.15 bits per heavy atom. The first kappa shape index (κ1) is 14.3. The van der Waals surface area contributed by atoms with Crippen LogP contribution in [0.5, 0.6) is 0 Å². The van der Waals surface area contributed by atoms with E-state index >= 15 is 0 Å². The minimum absolute atomic E-state index is 0.609. The van der Waals surface area contributed by atoms with Crippen LogP contribution in [0.4, 0.5) is 17.5 Å². The highest BCUT2D eigenvalue weighted by atomic mass is 16.5. The Morgan fingerprint density at radius 2 is 1.95 bits per heavy atom. The maximum Gasteiger partial charge on any atom is 0.224 e. The second kappa shape index (κ2) is 6.86. The van der Waals surface area contributed by atoms with Crippen molar-refractivity contribution >= 4 is 17.5 Å². The number of aromatic nitrogens is 2. The molecule has 5 nitrogen and oxygen atoms in total. The van der Waals surface area contributed by atoms with Crippen molar-refractivity contribution in [1.29, 1.82) is 0 Å². The van der Waals surface area contributed by atoms with Crippen molar-refractivity contribution in [2.24, 2.45) is 0 Å². The van der Waals surface area contributed by atoms with Gasteiger partial charge in [-0.25, -0.2) is 4.98 Å². The highest BCUT2D eigenvalue weighted by molar-refractivity contribution is 5.61. The van der Waals surface area contributed by atoms with Crippen LogP contribution in [0.3, 0.4) is 0 Å². The summed E-state index contributed by atoms with van der Waals surface area (Å²) >= 11 is 0. The van der Waals surface area contributed by atoms with Gasteiger partial charge in [-0.05, 0) is 25.5 Å². The first-order valence-corrected chi connectivity index (χ1v) is 6.60. The quantitative estimate of drug-likeness (QED) is 0.792. The maximum atomic E-state index is 5.00. The molecule has 0 amide bonds. The molecule has 0 radical (unpaired) electrons. The molecule has 0 atom stereocenters. The number of rotatable bonds is 6. The molecule has 1 heterocycles. The summed E-state index contributed by atoms with van der Waals surface area (Å²) < 4.78 is 5.00. The van der Waals surface area contributed by atoms with E-state index in [1.165, 1.54) is 5.56 Å². The molecule has 2 rings (SSSR count). The number of hydrogen-bond acceptors (Lipinski definition) is 5. The number of nitrogens with one attached hydrogen (secondary N) is 2. The third-order valence-corrected chi connectivity index (χ3v) is 2.85. The molecule has 0 aliphatic heterocycles. The molecule has 5 heteroatoms. The lowest BCUT2D eigenvalue weighted by Crippen LogP contribution is -2.11. The first-order chi connectivity index (χ1) is 9.69. The monoisotopic (exact) mass is 272 g/mol. The second-order valence-electron chi connectivity index (χ2n) is 4.58. The normalized spacial score (nSPS) is 10.3. The summed E-state index contributed by atoms with van der Waals surface area (Å²) in [5, 5.41) is 6.46. The van der Waals surface area contributed by atoms with Crippen LogP contribution < -0.4 is 10.6 Å². The third kappa shape index (κ3) is 3.93. The van der Waals surface area contributed by atoms with Gasteiger partial charge in [-0.2, -0.15) is 4.98 Å². The van der Waals surface area contributed by atoms with Crippen molar-refractivity contribution in [3.63, 3.8) is 0 Å². The number of aryl methyl sites for hydroxylation is 2. The van der Waals surface area contributed by atoms with E-state index < -0.39 is 0 Å². The summed E-state index contributed by atoms with van der Waals surface area (Å²) in [6.45, 7) is 5.32. The average molecular weight is 272 g/mol. The van der Waals surface area contributed by atoms with Gasteiger partial charge in [0, 0.05) is 31.1 Å². The van der Waals surface area contributed by atoms with Gasteiger partial charge < -0.3 is 15.4 Å². The minimum atomic E-state index is 0.609. The fourth-order valence-corrected chi connectivity index (χ4v) is 1.83. The van der Waals surface area contributed by atoms with Crippen molar-refractivity contribution < 1.29 is 4.74 Å². The van der Waals surface area contributed by atoms with Crippen molar-refractivity contribution in [1.82, 2.24) is 9.97 Å². The molecule has 0 unspecified atom stereocenters. The molecule has 1 aromatic carbocycles. The molecule has 0 saturated heterocycles. The zero-order valence-corrected chi connectivity index (χ0v) is 12.1. The van der Waals surface area contributed by atoms with Gasteiger partial charge in [0.25, 0.3) is 0 Å². The van der Waals surface area contributed by atoms with Gasteiger partial charge in [0.2, 0.25) is 5.95 Å². The molecule has 0 bridgehead atoms. The lowest BCUT2D eigenvalue weighted by molar-refractivity contribution is 0.210. The fourth-order valence-electron chi connectivity index (χ4n) is 1.83. The van der Waals surface area contributed by atoms with E-state index in [2.05, 4.69) is 33.6 Å². The highest BCUT2D eigenvalue weighted by Crippen LogP contribution is 2.19. The maximum absolute atomic E-state index is 5.00. The molecule has 2 aromatic rings. The van der Waals surface area contributed by atoms with Crippen LogP contribution in [-0.2, 0) is 4.74 Å². The lowest BCUT2D eigenvalue weighted by atomic mass is 10.2.